The predicted octanol–water partition coefficient (Wildman–Crippen LogP) is 4.34. The molecule has 0 amide bonds. The first-order valence-electron chi connectivity index (χ1n) is 12.2. The lowest BCUT2D eigenvalue weighted by molar-refractivity contribution is -0.0553. The first kappa shape index (κ1) is 25.1. The Kier molecular flexibility index (Phi) is 7.04. The van der Waals surface area contributed by atoms with Crippen LogP contribution in [-0.2, 0) is 15.4 Å². The van der Waals surface area contributed by atoms with Crippen LogP contribution in [0.2, 0.25) is 0 Å². The molecule has 1 aromatic carbocycles. The molecule has 0 spiro atoms. The largest absolute Gasteiger partial charge is 0.303 e. The second-order valence-corrected chi connectivity index (χ2v) is 12.3. The van der Waals surface area contributed by atoms with Crippen LogP contribution in [0.5, 0.6) is 0 Å². The van der Waals surface area contributed by atoms with Crippen molar-refractivity contribution in [1.29, 1.82) is 0 Å². The Hall–Kier alpha value is -0.960. The van der Waals surface area contributed by atoms with Gasteiger partial charge in [-0.2, -0.15) is 0 Å². The first-order valence-corrected chi connectivity index (χ1v) is 13.7. The number of fused-ring (bicyclic) bond motifs is 1. The van der Waals surface area contributed by atoms with E-state index in [1.165, 1.54) is 5.56 Å². The number of benzene rings is 1. The van der Waals surface area contributed by atoms with Gasteiger partial charge in [0.05, 0.1) is 5.25 Å². The number of hydrogen-bond acceptors (Lipinski definition) is 4. The molecule has 1 N–H and O–H groups in total. The summed E-state index contributed by atoms with van der Waals surface area (Å²) in [6.07, 6.45) is 3.61. The molecule has 0 radical (unpaired) electrons. The van der Waals surface area contributed by atoms with Crippen LogP contribution in [0.15, 0.2) is 24.3 Å². The van der Waals surface area contributed by atoms with Crippen molar-refractivity contribution in [3.05, 3.63) is 29.8 Å². The molecule has 2 unspecified atom stereocenters. The van der Waals surface area contributed by atoms with E-state index in [9.17, 15) is 17.2 Å². The minimum Gasteiger partial charge on any atom is -0.303 e. The molecule has 2 saturated heterocycles. The fourth-order valence-electron chi connectivity index (χ4n) is 6.27. The zero-order valence-electron chi connectivity index (χ0n) is 19.3. The molecule has 2 aliphatic heterocycles. The van der Waals surface area contributed by atoms with Crippen molar-refractivity contribution in [2.75, 3.05) is 44.0 Å². The van der Waals surface area contributed by atoms with Crippen LogP contribution < -0.4 is 4.72 Å². The molecule has 2 saturated carbocycles. The summed E-state index contributed by atoms with van der Waals surface area (Å²) in [6, 6.07) is 8.05. The van der Waals surface area contributed by atoms with Gasteiger partial charge in [0.15, 0.2) is 0 Å². The second-order valence-electron chi connectivity index (χ2n) is 10.3. The summed E-state index contributed by atoms with van der Waals surface area (Å²) < 4.78 is 54.1. The number of likely N-dealkylation sites (tertiary alicyclic amines) is 2. The summed E-state index contributed by atoms with van der Waals surface area (Å²) in [5.74, 6) is -1.22. The third kappa shape index (κ3) is 5.04. The van der Waals surface area contributed by atoms with Crippen LogP contribution in [0.4, 0.5) is 14.5 Å². The highest BCUT2D eigenvalue weighted by atomic mass is 35.5. The first-order chi connectivity index (χ1) is 15.2. The number of halogens is 3. The van der Waals surface area contributed by atoms with Crippen LogP contribution in [0.1, 0.15) is 51.0 Å². The maximum Gasteiger partial charge on any atom is 0.250 e. The Morgan fingerprint density at radius 3 is 2.30 bits per heavy atom. The van der Waals surface area contributed by atoms with Crippen LogP contribution in [0.25, 0.3) is 0 Å². The number of alkyl halides is 2. The van der Waals surface area contributed by atoms with Crippen molar-refractivity contribution in [2.24, 2.45) is 11.8 Å². The number of sulfonamides is 1. The molecule has 9 heteroatoms. The van der Waals surface area contributed by atoms with Crippen LogP contribution >= 0.6 is 12.4 Å². The van der Waals surface area contributed by atoms with E-state index in [1.54, 1.807) is 0 Å². The highest BCUT2D eigenvalue weighted by Crippen LogP contribution is 2.65. The molecule has 186 valence electrons. The number of nitrogens with zero attached hydrogens (tertiary/aromatic N) is 2. The van der Waals surface area contributed by atoms with Gasteiger partial charge in [-0.1, -0.05) is 19.1 Å². The van der Waals surface area contributed by atoms with Gasteiger partial charge in [0.1, 0.15) is 0 Å². The van der Waals surface area contributed by atoms with Gasteiger partial charge in [-0.25, -0.2) is 17.2 Å². The molecule has 2 heterocycles. The van der Waals surface area contributed by atoms with Crippen molar-refractivity contribution in [1.82, 2.24) is 9.80 Å². The molecular formula is C24H36ClF2N3O2S. The summed E-state index contributed by atoms with van der Waals surface area (Å²) in [7, 11) is -3.25. The standard InChI is InChI=1S/C24H35F2N3O2S.ClH/c1-2-24(18-5-3-6-19(15-18)27-32(30,31)20-7-8-20)21-16-29(17-22(21)24)12-4-11-28-13-9-23(25,26)10-14-28;/h3,5-6,15,20-22,27H,2,4,7-14,16-17H2,1H3;1H. The summed E-state index contributed by atoms with van der Waals surface area (Å²) in [5, 5.41) is -0.221. The van der Waals surface area contributed by atoms with Crippen molar-refractivity contribution in [2.45, 2.75) is 62.0 Å². The lowest BCUT2D eigenvalue weighted by atomic mass is 9.87. The van der Waals surface area contributed by atoms with Crippen molar-refractivity contribution < 1.29 is 17.2 Å². The van der Waals surface area contributed by atoms with Gasteiger partial charge in [-0.3, -0.25) is 4.72 Å². The smallest absolute Gasteiger partial charge is 0.250 e. The van der Waals surface area contributed by atoms with E-state index in [4.69, 9.17) is 0 Å². The van der Waals surface area contributed by atoms with Gasteiger partial charge in [0.2, 0.25) is 10.0 Å². The highest BCUT2D eigenvalue weighted by molar-refractivity contribution is 7.93. The van der Waals surface area contributed by atoms with E-state index >= 15 is 0 Å². The third-order valence-electron chi connectivity index (χ3n) is 8.35. The van der Waals surface area contributed by atoms with Crippen LogP contribution in [-0.4, -0.2) is 68.7 Å². The zero-order valence-corrected chi connectivity index (χ0v) is 20.9. The Labute approximate surface area is 202 Å². The molecule has 0 bridgehead atoms. The molecule has 2 aliphatic carbocycles. The van der Waals surface area contributed by atoms with Crippen molar-refractivity contribution in [3.63, 3.8) is 0 Å². The van der Waals surface area contributed by atoms with Gasteiger partial charge in [0, 0.05) is 50.1 Å². The van der Waals surface area contributed by atoms with E-state index in [-0.39, 0.29) is 35.9 Å². The van der Waals surface area contributed by atoms with E-state index in [0.717, 1.165) is 51.9 Å². The lowest BCUT2D eigenvalue weighted by Crippen LogP contribution is -2.40. The molecule has 1 aromatic rings. The lowest BCUT2D eigenvalue weighted by Gasteiger charge is -2.32. The Bertz CT molecular complexity index is 935. The normalized spacial score (nSPS) is 31.6. The number of rotatable bonds is 9. The highest BCUT2D eigenvalue weighted by Gasteiger charge is 2.67. The summed E-state index contributed by atoms with van der Waals surface area (Å²) in [5.41, 5.74) is 2.12. The number of piperidine rings is 2. The Morgan fingerprint density at radius 2 is 1.70 bits per heavy atom. The average Bonchev–Trinajstić information content (AvgIpc) is 3.66. The maximum atomic E-state index is 13.3. The van der Waals surface area contributed by atoms with Crippen molar-refractivity contribution in [3.8, 4) is 0 Å². The van der Waals surface area contributed by atoms with Crippen molar-refractivity contribution >= 4 is 28.1 Å². The zero-order chi connectivity index (χ0) is 22.6. The van der Waals surface area contributed by atoms with E-state index in [0.29, 0.717) is 30.6 Å². The van der Waals surface area contributed by atoms with E-state index < -0.39 is 15.9 Å². The molecular weight excluding hydrogens is 468 g/mol. The number of hydrogen-bond donors (Lipinski definition) is 1. The quantitative estimate of drug-likeness (QED) is 0.544. The van der Waals surface area contributed by atoms with Gasteiger partial charge in [-0.15, -0.1) is 12.4 Å². The predicted molar refractivity (Wildman–Crippen MR) is 130 cm³/mol. The molecule has 33 heavy (non-hydrogen) atoms. The number of anilines is 1. The summed E-state index contributed by atoms with van der Waals surface area (Å²) in [6.45, 7) is 7.36. The fourth-order valence-corrected chi connectivity index (χ4v) is 7.65. The molecule has 4 fully saturated rings. The monoisotopic (exact) mass is 503 g/mol. The van der Waals surface area contributed by atoms with Gasteiger partial charge < -0.3 is 9.80 Å². The van der Waals surface area contributed by atoms with Gasteiger partial charge >= 0.3 is 0 Å². The SMILES string of the molecule is CCC1(c2cccc(NS(=O)(=O)C3CC3)c2)C2CN(CCCN3CCC(F)(F)CC3)CC21.Cl. The molecule has 5 rings (SSSR count). The average molecular weight is 504 g/mol. The van der Waals surface area contributed by atoms with Gasteiger partial charge in [0.25, 0.3) is 5.92 Å². The van der Waals surface area contributed by atoms with Gasteiger partial charge in [-0.05, 0) is 68.3 Å². The maximum absolute atomic E-state index is 13.3. The molecule has 5 nitrogen and oxygen atoms in total. The Morgan fingerprint density at radius 1 is 1.06 bits per heavy atom. The summed E-state index contributed by atoms with van der Waals surface area (Å²) in [4.78, 5) is 4.71. The molecule has 4 aliphatic rings. The van der Waals surface area contributed by atoms with E-state index in [2.05, 4.69) is 33.6 Å². The topological polar surface area (TPSA) is 52.7 Å². The Balaban J connectivity index is 0.00000259. The second kappa shape index (κ2) is 9.25. The minimum atomic E-state index is -3.25. The molecule has 2 atom stereocenters. The molecule has 0 aromatic heterocycles. The van der Waals surface area contributed by atoms with Crippen LogP contribution in [0, 0.1) is 11.8 Å². The van der Waals surface area contributed by atoms with E-state index in [1.807, 2.05) is 12.1 Å². The fraction of sp³-hybridized carbons (Fsp3) is 0.750. The third-order valence-corrected chi connectivity index (χ3v) is 10.2. The number of nitrogens with one attached hydrogen (secondary N) is 1. The minimum absolute atomic E-state index is 0. The van der Waals surface area contributed by atoms with Crippen LogP contribution in [0.3, 0.4) is 0 Å². The summed E-state index contributed by atoms with van der Waals surface area (Å²) >= 11 is 0.